The van der Waals surface area contributed by atoms with E-state index in [4.69, 9.17) is 6.42 Å². The van der Waals surface area contributed by atoms with Crippen LogP contribution in [-0.4, -0.2) is 36.6 Å². The van der Waals surface area contributed by atoms with Gasteiger partial charge in [-0.2, -0.15) is 0 Å². The maximum absolute atomic E-state index is 5.22. The molecular weight excluding hydrogens is 184 g/mol. The molecule has 0 aromatic carbocycles. The van der Waals surface area contributed by atoms with E-state index in [-0.39, 0.29) is 0 Å². The van der Waals surface area contributed by atoms with Gasteiger partial charge in [-0.3, -0.25) is 4.90 Å². The summed E-state index contributed by atoms with van der Waals surface area (Å²) in [6, 6.07) is 1.45. The summed E-state index contributed by atoms with van der Waals surface area (Å²) in [6.07, 6.45) is 7.98. The van der Waals surface area contributed by atoms with Crippen molar-refractivity contribution in [2.45, 2.75) is 45.7 Å². The van der Waals surface area contributed by atoms with E-state index >= 15 is 0 Å². The quantitative estimate of drug-likeness (QED) is 0.506. The van der Waals surface area contributed by atoms with E-state index < -0.39 is 0 Å². The van der Waals surface area contributed by atoms with Gasteiger partial charge < -0.3 is 5.32 Å². The van der Waals surface area contributed by atoms with Crippen molar-refractivity contribution in [1.29, 1.82) is 0 Å². The predicted molar refractivity (Wildman–Crippen MR) is 65.7 cm³/mol. The molecule has 1 saturated carbocycles. The third-order valence-corrected chi connectivity index (χ3v) is 2.82. The van der Waals surface area contributed by atoms with Crippen molar-refractivity contribution in [1.82, 2.24) is 10.2 Å². The molecule has 1 N–H and O–H groups in total. The minimum absolute atomic E-state index is 0.605. The summed E-state index contributed by atoms with van der Waals surface area (Å²) < 4.78 is 0. The molecule has 86 valence electrons. The van der Waals surface area contributed by atoms with Crippen LogP contribution in [0, 0.1) is 18.3 Å². The maximum atomic E-state index is 5.22. The zero-order chi connectivity index (χ0) is 11.3. The van der Waals surface area contributed by atoms with Crippen LogP contribution in [0.1, 0.15) is 33.6 Å². The van der Waals surface area contributed by atoms with Crippen LogP contribution in [0.25, 0.3) is 0 Å². The van der Waals surface area contributed by atoms with Crippen molar-refractivity contribution >= 4 is 0 Å². The fraction of sp³-hybridized carbons (Fsp3) is 0.846. The zero-order valence-electron chi connectivity index (χ0n) is 10.3. The Morgan fingerprint density at radius 2 is 2.07 bits per heavy atom. The van der Waals surface area contributed by atoms with E-state index in [0.717, 1.165) is 18.5 Å². The molecule has 2 nitrogen and oxygen atoms in total. The van der Waals surface area contributed by atoms with Crippen molar-refractivity contribution < 1.29 is 0 Å². The first-order chi connectivity index (χ1) is 7.15. The first-order valence-electron chi connectivity index (χ1n) is 6.05. The van der Waals surface area contributed by atoms with E-state index in [9.17, 15) is 0 Å². The highest BCUT2D eigenvalue weighted by Crippen LogP contribution is 2.29. The predicted octanol–water partition coefficient (Wildman–Crippen LogP) is 1.72. The largest absolute Gasteiger partial charge is 0.305 e. The van der Waals surface area contributed by atoms with Crippen molar-refractivity contribution in [3.8, 4) is 12.3 Å². The van der Waals surface area contributed by atoms with E-state index in [1.165, 1.54) is 19.4 Å². The summed E-state index contributed by atoms with van der Waals surface area (Å²) in [5.41, 5.74) is 0. The highest BCUT2D eigenvalue weighted by atomic mass is 15.2. The van der Waals surface area contributed by atoms with E-state index in [1.54, 1.807) is 0 Å². The third-order valence-electron chi connectivity index (χ3n) is 2.82. The molecule has 2 heteroatoms. The lowest BCUT2D eigenvalue weighted by Crippen LogP contribution is -2.43. The standard InChI is InChI=1S/C13H24N2/c1-5-8-14-9-12(4)15(10-11(2)3)13-6-7-13/h1,11-14H,6-10H2,2-4H3. The number of hydrogen-bond donors (Lipinski definition) is 1. The first kappa shape index (κ1) is 12.5. The molecule has 0 spiro atoms. The smallest absolute Gasteiger partial charge is 0.0574 e. The van der Waals surface area contributed by atoms with Gasteiger partial charge in [0.25, 0.3) is 0 Å². The summed E-state index contributed by atoms with van der Waals surface area (Å²) in [4.78, 5) is 2.63. The molecule has 1 aliphatic rings. The molecule has 15 heavy (non-hydrogen) atoms. The van der Waals surface area contributed by atoms with Gasteiger partial charge in [-0.15, -0.1) is 6.42 Å². The molecule has 0 radical (unpaired) electrons. The minimum atomic E-state index is 0.605. The molecule has 1 rings (SSSR count). The van der Waals surface area contributed by atoms with Crippen molar-refractivity contribution in [3.05, 3.63) is 0 Å². The molecule has 1 aliphatic carbocycles. The summed E-state index contributed by atoms with van der Waals surface area (Å²) in [5.74, 6) is 3.37. The monoisotopic (exact) mass is 208 g/mol. The molecule has 1 atom stereocenters. The Kier molecular flexibility index (Phi) is 5.14. The molecule has 0 heterocycles. The third kappa shape index (κ3) is 4.68. The second-order valence-corrected chi connectivity index (χ2v) is 5.01. The lowest BCUT2D eigenvalue weighted by Gasteiger charge is -2.30. The average Bonchev–Trinajstić information content (AvgIpc) is 2.97. The molecular formula is C13H24N2. The lowest BCUT2D eigenvalue weighted by atomic mass is 10.1. The lowest BCUT2D eigenvalue weighted by molar-refractivity contribution is 0.174. The second-order valence-electron chi connectivity index (χ2n) is 5.01. The molecule has 0 bridgehead atoms. The van der Waals surface area contributed by atoms with Crippen LogP contribution in [-0.2, 0) is 0 Å². The van der Waals surface area contributed by atoms with Crippen molar-refractivity contribution in [3.63, 3.8) is 0 Å². The van der Waals surface area contributed by atoms with Gasteiger partial charge in [-0.05, 0) is 25.7 Å². The Labute approximate surface area is 94.4 Å². The molecule has 0 saturated heterocycles. The van der Waals surface area contributed by atoms with Crippen LogP contribution < -0.4 is 5.32 Å². The Bertz CT molecular complexity index is 213. The average molecular weight is 208 g/mol. The van der Waals surface area contributed by atoms with Gasteiger partial charge in [-0.25, -0.2) is 0 Å². The van der Waals surface area contributed by atoms with E-state index in [2.05, 4.69) is 36.9 Å². The van der Waals surface area contributed by atoms with Crippen LogP contribution in [0.5, 0.6) is 0 Å². The zero-order valence-corrected chi connectivity index (χ0v) is 10.3. The highest BCUT2D eigenvalue weighted by molar-refractivity contribution is 4.90. The fourth-order valence-corrected chi connectivity index (χ4v) is 1.99. The van der Waals surface area contributed by atoms with Crippen LogP contribution in [0.15, 0.2) is 0 Å². The first-order valence-corrected chi connectivity index (χ1v) is 6.05. The van der Waals surface area contributed by atoms with Gasteiger partial charge >= 0.3 is 0 Å². The van der Waals surface area contributed by atoms with E-state index in [1.807, 2.05) is 0 Å². The van der Waals surface area contributed by atoms with Gasteiger partial charge in [-0.1, -0.05) is 19.8 Å². The number of nitrogens with one attached hydrogen (secondary N) is 1. The van der Waals surface area contributed by atoms with E-state index in [0.29, 0.717) is 12.6 Å². The Morgan fingerprint density at radius 1 is 1.40 bits per heavy atom. The Hall–Kier alpha value is -0.520. The maximum Gasteiger partial charge on any atom is 0.0574 e. The molecule has 0 aromatic rings. The van der Waals surface area contributed by atoms with Crippen molar-refractivity contribution in [2.75, 3.05) is 19.6 Å². The summed E-state index contributed by atoms with van der Waals surface area (Å²) in [6.45, 7) is 9.78. The van der Waals surface area contributed by atoms with Gasteiger partial charge in [0.2, 0.25) is 0 Å². The SMILES string of the molecule is C#CCNCC(C)N(CC(C)C)C1CC1. The van der Waals surface area contributed by atoms with Crippen molar-refractivity contribution in [2.24, 2.45) is 5.92 Å². The number of nitrogens with zero attached hydrogens (tertiary/aromatic N) is 1. The topological polar surface area (TPSA) is 15.3 Å². The molecule has 0 amide bonds. The fourth-order valence-electron chi connectivity index (χ4n) is 1.99. The molecule has 1 fully saturated rings. The van der Waals surface area contributed by atoms with Crippen LogP contribution in [0.3, 0.4) is 0 Å². The van der Waals surface area contributed by atoms with Gasteiger partial charge in [0.05, 0.1) is 6.54 Å². The number of hydrogen-bond acceptors (Lipinski definition) is 2. The number of rotatable bonds is 7. The highest BCUT2D eigenvalue weighted by Gasteiger charge is 2.31. The summed E-state index contributed by atoms with van der Waals surface area (Å²) >= 11 is 0. The van der Waals surface area contributed by atoms with Gasteiger partial charge in [0.1, 0.15) is 0 Å². The minimum Gasteiger partial charge on any atom is -0.305 e. The van der Waals surface area contributed by atoms with Crippen LogP contribution in [0.2, 0.25) is 0 Å². The molecule has 1 unspecified atom stereocenters. The van der Waals surface area contributed by atoms with Gasteiger partial charge in [0.15, 0.2) is 0 Å². The Morgan fingerprint density at radius 3 is 2.53 bits per heavy atom. The molecule has 0 aromatic heterocycles. The number of terminal acetylenes is 1. The second kappa shape index (κ2) is 6.15. The normalized spacial score (nSPS) is 18.1. The molecule has 0 aliphatic heterocycles. The van der Waals surface area contributed by atoms with Crippen LogP contribution in [0.4, 0.5) is 0 Å². The van der Waals surface area contributed by atoms with Gasteiger partial charge in [0, 0.05) is 25.2 Å². The van der Waals surface area contributed by atoms with Crippen LogP contribution >= 0.6 is 0 Å². The Balaban J connectivity index is 2.30. The summed E-state index contributed by atoms with van der Waals surface area (Å²) in [5, 5.41) is 3.29. The summed E-state index contributed by atoms with van der Waals surface area (Å²) in [7, 11) is 0.